The molecule has 1 atom stereocenters. The lowest BCUT2D eigenvalue weighted by atomic mass is 10.2. The van der Waals surface area contributed by atoms with E-state index in [2.05, 4.69) is 10.6 Å². The van der Waals surface area contributed by atoms with E-state index < -0.39 is 11.1 Å². The van der Waals surface area contributed by atoms with Gasteiger partial charge < -0.3 is 10.6 Å². The number of benzene rings is 2. The van der Waals surface area contributed by atoms with Crippen LogP contribution in [0.25, 0.3) is 0 Å². The van der Waals surface area contributed by atoms with Crippen LogP contribution in [-0.2, 0) is 9.59 Å². The van der Waals surface area contributed by atoms with Crippen molar-refractivity contribution in [2.24, 2.45) is 0 Å². The smallest absolute Gasteiger partial charge is 0.237 e. The fourth-order valence-corrected chi connectivity index (χ4v) is 2.76. The molecule has 0 heterocycles. The van der Waals surface area contributed by atoms with E-state index in [0.717, 1.165) is 16.8 Å². The number of thioether (sulfide) groups is 1. The Balaban J connectivity index is 1.83. The van der Waals surface area contributed by atoms with Gasteiger partial charge in [-0.2, -0.15) is 0 Å². The molecule has 2 aromatic rings. The largest absolute Gasteiger partial charge is 0.325 e. The summed E-state index contributed by atoms with van der Waals surface area (Å²) in [7, 11) is 0. The molecule has 25 heavy (non-hydrogen) atoms. The Morgan fingerprint density at radius 3 is 2.44 bits per heavy atom. The van der Waals surface area contributed by atoms with Crippen LogP contribution in [0.2, 0.25) is 0 Å². The number of hydrogen-bond acceptors (Lipinski definition) is 3. The van der Waals surface area contributed by atoms with E-state index in [1.165, 1.54) is 23.9 Å². The maximum Gasteiger partial charge on any atom is 0.237 e. The predicted octanol–water partition coefficient (Wildman–Crippen LogP) is 4.14. The fourth-order valence-electron chi connectivity index (χ4n) is 2.07. The number of hydrogen-bond donors (Lipinski definition) is 2. The van der Waals surface area contributed by atoms with Gasteiger partial charge in [-0.15, -0.1) is 11.8 Å². The van der Waals surface area contributed by atoms with Crippen molar-refractivity contribution >= 4 is 35.0 Å². The average molecular weight is 360 g/mol. The summed E-state index contributed by atoms with van der Waals surface area (Å²) >= 11 is 1.23. The van der Waals surface area contributed by atoms with Crippen molar-refractivity contribution in [1.29, 1.82) is 0 Å². The molecule has 0 fully saturated rings. The number of aryl methyl sites for hydroxylation is 2. The Morgan fingerprint density at radius 1 is 1.08 bits per heavy atom. The zero-order valence-corrected chi connectivity index (χ0v) is 15.2. The maximum absolute atomic E-state index is 13.3. The van der Waals surface area contributed by atoms with Crippen LogP contribution >= 0.6 is 11.8 Å². The number of carbonyl (C=O) groups excluding carboxylic acids is 2. The highest BCUT2D eigenvalue weighted by atomic mass is 32.2. The summed E-state index contributed by atoms with van der Waals surface area (Å²) < 4.78 is 13.3. The van der Waals surface area contributed by atoms with Crippen molar-refractivity contribution < 1.29 is 14.0 Å². The monoisotopic (exact) mass is 360 g/mol. The Morgan fingerprint density at radius 2 is 1.76 bits per heavy atom. The van der Waals surface area contributed by atoms with E-state index in [1.54, 1.807) is 19.9 Å². The van der Waals surface area contributed by atoms with Gasteiger partial charge in [0.25, 0.3) is 0 Å². The lowest BCUT2D eigenvalue weighted by Gasteiger charge is -2.13. The summed E-state index contributed by atoms with van der Waals surface area (Å²) in [6.07, 6.45) is 0. The van der Waals surface area contributed by atoms with E-state index >= 15 is 0 Å². The zero-order chi connectivity index (χ0) is 18.4. The van der Waals surface area contributed by atoms with Crippen molar-refractivity contribution in [3.8, 4) is 0 Å². The third kappa shape index (κ3) is 5.90. The quantitative estimate of drug-likeness (QED) is 0.814. The second kappa shape index (κ2) is 8.67. The second-order valence-electron chi connectivity index (χ2n) is 5.82. The van der Waals surface area contributed by atoms with Crippen molar-refractivity contribution in [3.05, 3.63) is 59.4 Å². The van der Waals surface area contributed by atoms with E-state index in [-0.39, 0.29) is 17.6 Å². The molecule has 0 saturated carbocycles. The molecule has 4 nitrogen and oxygen atoms in total. The lowest BCUT2D eigenvalue weighted by molar-refractivity contribution is -0.115. The molecule has 0 aliphatic heterocycles. The third-order valence-corrected chi connectivity index (χ3v) is 4.77. The van der Waals surface area contributed by atoms with Gasteiger partial charge in [-0.1, -0.05) is 23.8 Å². The van der Waals surface area contributed by atoms with Crippen molar-refractivity contribution in [2.45, 2.75) is 26.0 Å². The topological polar surface area (TPSA) is 58.2 Å². The summed E-state index contributed by atoms with van der Waals surface area (Å²) in [5, 5.41) is 5.05. The molecule has 0 radical (unpaired) electrons. The highest BCUT2D eigenvalue weighted by Gasteiger charge is 2.16. The van der Waals surface area contributed by atoms with Gasteiger partial charge in [0.2, 0.25) is 11.8 Å². The number of halogens is 1. The van der Waals surface area contributed by atoms with E-state index in [1.807, 2.05) is 31.2 Å². The van der Waals surface area contributed by atoms with E-state index in [9.17, 15) is 14.0 Å². The summed E-state index contributed by atoms with van der Waals surface area (Å²) in [5.41, 5.74) is 3.07. The number of rotatable bonds is 6. The van der Waals surface area contributed by atoms with Gasteiger partial charge in [0.05, 0.1) is 11.0 Å². The summed E-state index contributed by atoms with van der Waals surface area (Å²) in [5.74, 6) is -0.680. The molecule has 0 spiro atoms. The molecule has 1 unspecified atom stereocenters. The molecule has 0 aromatic heterocycles. The Kier molecular flexibility index (Phi) is 6.58. The number of amides is 2. The molecular weight excluding hydrogens is 339 g/mol. The van der Waals surface area contributed by atoms with Crippen molar-refractivity contribution in [3.63, 3.8) is 0 Å². The van der Waals surface area contributed by atoms with Crippen LogP contribution in [0.4, 0.5) is 15.8 Å². The fraction of sp³-hybridized carbons (Fsp3) is 0.263. The maximum atomic E-state index is 13.3. The van der Waals surface area contributed by atoms with Crippen molar-refractivity contribution in [1.82, 2.24) is 0 Å². The normalized spacial score (nSPS) is 11.7. The first kappa shape index (κ1) is 19.0. The zero-order valence-electron chi connectivity index (χ0n) is 14.4. The molecular formula is C19H21FN2O2S. The molecule has 2 aromatic carbocycles. The minimum atomic E-state index is -0.438. The first-order valence-electron chi connectivity index (χ1n) is 7.90. The van der Waals surface area contributed by atoms with Crippen LogP contribution in [0.1, 0.15) is 18.1 Å². The predicted molar refractivity (Wildman–Crippen MR) is 101 cm³/mol. The first-order chi connectivity index (χ1) is 11.8. The van der Waals surface area contributed by atoms with Crippen LogP contribution in [0.15, 0.2) is 42.5 Å². The van der Waals surface area contributed by atoms with Gasteiger partial charge >= 0.3 is 0 Å². The molecule has 2 rings (SSSR count). The van der Waals surface area contributed by atoms with Crippen LogP contribution in [0.5, 0.6) is 0 Å². The Hall–Kier alpha value is -2.34. The molecule has 0 aliphatic rings. The summed E-state index contributed by atoms with van der Waals surface area (Å²) in [4.78, 5) is 24.2. The third-order valence-electron chi connectivity index (χ3n) is 3.63. The van der Waals surface area contributed by atoms with Crippen LogP contribution in [0, 0.1) is 19.7 Å². The Labute approximate surface area is 151 Å². The van der Waals surface area contributed by atoms with Crippen molar-refractivity contribution in [2.75, 3.05) is 16.4 Å². The number of anilines is 2. The van der Waals surface area contributed by atoms with Gasteiger partial charge in [0.15, 0.2) is 0 Å². The van der Waals surface area contributed by atoms with Gasteiger partial charge in [-0.05, 0) is 50.6 Å². The lowest BCUT2D eigenvalue weighted by Crippen LogP contribution is -2.25. The molecule has 2 amide bonds. The number of nitrogens with one attached hydrogen (secondary N) is 2. The molecule has 132 valence electrons. The molecule has 0 aliphatic carbocycles. The number of carbonyl (C=O) groups is 2. The minimum Gasteiger partial charge on any atom is -0.325 e. The highest BCUT2D eigenvalue weighted by molar-refractivity contribution is 8.01. The first-order valence-corrected chi connectivity index (χ1v) is 8.95. The second-order valence-corrected chi connectivity index (χ2v) is 7.15. The Bertz CT molecular complexity index is 763. The van der Waals surface area contributed by atoms with Gasteiger partial charge in [0, 0.05) is 11.4 Å². The molecule has 6 heteroatoms. The summed E-state index contributed by atoms with van der Waals surface area (Å²) in [6.45, 7) is 5.48. The van der Waals surface area contributed by atoms with Crippen LogP contribution in [0.3, 0.4) is 0 Å². The van der Waals surface area contributed by atoms with Gasteiger partial charge in [0.1, 0.15) is 5.82 Å². The SMILES string of the molecule is Cc1ccc(NC(=O)CSC(C)C(=O)Nc2cc(F)ccc2C)cc1. The molecule has 0 bridgehead atoms. The average Bonchev–Trinajstić information content (AvgIpc) is 2.58. The van der Waals surface area contributed by atoms with E-state index in [0.29, 0.717) is 5.69 Å². The molecule has 0 saturated heterocycles. The minimum absolute atomic E-state index is 0.157. The van der Waals surface area contributed by atoms with Crippen LogP contribution < -0.4 is 10.6 Å². The van der Waals surface area contributed by atoms with Gasteiger partial charge in [-0.25, -0.2) is 4.39 Å². The van der Waals surface area contributed by atoms with Crippen LogP contribution in [-0.4, -0.2) is 22.8 Å². The summed E-state index contributed by atoms with van der Waals surface area (Å²) in [6, 6.07) is 11.7. The van der Waals surface area contributed by atoms with Gasteiger partial charge in [-0.3, -0.25) is 9.59 Å². The molecule has 2 N–H and O–H groups in total. The highest BCUT2D eigenvalue weighted by Crippen LogP contribution is 2.19. The standard InChI is InChI=1S/C19H21FN2O2S/c1-12-4-8-16(9-5-12)21-18(23)11-25-14(3)19(24)22-17-10-15(20)7-6-13(17)2/h4-10,14H,11H2,1-3H3,(H,21,23)(H,22,24). The van der Waals surface area contributed by atoms with E-state index in [4.69, 9.17) is 0 Å².